The number of carbonyl (C=O) groups is 2. The Morgan fingerprint density at radius 2 is 1.82 bits per heavy atom. The third-order valence-corrected chi connectivity index (χ3v) is 4.35. The number of thiocarbonyl (C=S) groups is 1. The normalized spacial score (nSPS) is 9.91. The van der Waals surface area contributed by atoms with Crippen LogP contribution in [0, 0.1) is 0 Å². The van der Waals surface area contributed by atoms with Gasteiger partial charge >= 0.3 is 0 Å². The van der Waals surface area contributed by atoms with Gasteiger partial charge in [-0.05, 0) is 35.8 Å². The zero-order chi connectivity index (χ0) is 16.1. The summed E-state index contributed by atoms with van der Waals surface area (Å²) >= 11 is 18.0. The lowest BCUT2D eigenvalue weighted by Crippen LogP contribution is -2.48. The van der Waals surface area contributed by atoms with Crippen LogP contribution in [0.4, 0.5) is 0 Å². The summed E-state index contributed by atoms with van der Waals surface area (Å²) in [5.41, 5.74) is 4.99. The SMILES string of the molecule is O=C(NNC(=S)NC(=O)c1cccc(Cl)c1Cl)c1cccs1. The molecule has 9 heteroatoms. The molecule has 0 saturated carbocycles. The van der Waals surface area contributed by atoms with Crippen molar-refractivity contribution in [2.45, 2.75) is 0 Å². The number of halogens is 2. The van der Waals surface area contributed by atoms with Gasteiger partial charge in [-0.25, -0.2) is 0 Å². The minimum Gasteiger partial charge on any atom is -0.298 e. The molecular formula is C13H9Cl2N3O2S2. The molecule has 0 atom stereocenters. The quantitative estimate of drug-likeness (QED) is 0.558. The fourth-order valence-corrected chi connectivity index (χ4v) is 2.61. The third kappa shape index (κ3) is 4.17. The van der Waals surface area contributed by atoms with E-state index in [1.807, 2.05) is 0 Å². The molecule has 0 spiro atoms. The van der Waals surface area contributed by atoms with Crippen LogP contribution in [0.3, 0.4) is 0 Å². The Kier molecular flexibility index (Phi) is 5.73. The molecule has 0 radical (unpaired) electrons. The van der Waals surface area contributed by atoms with E-state index in [4.69, 9.17) is 35.4 Å². The first-order valence-electron chi connectivity index (χ1n) is 5.88. The van der Waals surface area contributed by atoms with Gasteiger partial charge in [-0.2, -0.15) is 0 Å². The molecule has 0 fully saturated rings. The molecule has 2 rings (SSSR count). The average Bonchev–Trinajstić information content (AvgIpc) is 3.01. The number of carbonyl (C=O) groups excluding carboxylic acids is 2. The Balaban J connectivity index is 1.90. The first-order valence-corrected chi connectivity index (χ1v) is 7.92. The van der Waals surface area contributed by atoms with Gasteiger partial charge in [0.05, 0.1) is 20.5 Å². The lowest BCUT2D eigenvalue weighted by atomic mass is 10.2. The number of rotatable bonds is 2. The Hall–Kier alpha value is -1.67. The van der Waals surface area contributed by atoms with E-state index in [0.29, 0.717) is 4.88 Å². The predicted octanol–water partition coefficient (Wildman–Crippen LogP) is 3.00. The second-order valence-electron chi connectivity index (χ2n) is 3.94. The van der Waals surface area contributed by atoms with Crippen LogP contribution in [0.15, 0.2) is 35.7 Å². The van der Waals surface area contributed by atoms with Crippen LogP contribution in [0.1, 0.15) is 20.0 Å². The van der Waals surface area contributed by atoms with Crippen molar-refractivity contribution in [1.82, 2.24) is 16.2 Å². The first-order chi connectivity index (χ1) is 10.5. The standard InChI is InChI=1S/C13H9Cl2N3O2S2/c14-8-4-1-3-7(10(8)15)11(19)16-13(21)18-17-12(20)9-5-2-6-22-9/h1-6H,(H,17,20)(H2,16,18,19,21). The summed E-state index contributed by atoms with van der Waals surface area (Å²) in [7, 11) is 0. The minimum absolute atomic E-state index is 0.0639. The number of hydrogen-bond acceptors (Lipinski definition) is 4. The third-order valence-electron chi connectivity index (χ3n) is 2.46. The number of thiophene rings is 1. The molecule has 1 aromatic heterocycles. The fourth-order valence-electron chi connectivity index (χ4n) is 1.46. The van der Waals surface area contributed by atoms with E-state index in [2.05, 4.69) is 16.2 Å². The summed E-state index contributed by atoms with van der Waals surface area (Å²) in [6, 6.07) is 8.09. The molecule has 0 unspecified atom stereocenters. The number of nitrogens with one attached hydrogen (secondary N) is 3. The van der Waals surface area contributed by atoms with E-state index in [-0.39, 0.29) is 26.6 Å². The van der Waals surface area contributed by atoms with E-state index >= 15 is 0 Å². The number of amides is 2. The fraction of sp³-hybridized carbons (Fsp3) is 0. The Morgan fingerprint density at radius 3 is 2.50 bits per heavy atom. The predicted molar refractivity (Wildman–Crippen MR) is 91.4 cm³/mol. The van der Waals surface area contributed by atoms with Crippen molar-refractivity contribution in [2.24, 2.45) is 0 Å². The highest BCUT2D eigenvalue weighted by Gasteiger charge is 2.14. The van der Waals surface area contributed by atoms with Crippen molar-refractivity contribution in [3.05, 3.63) is 56.2 Å². The van der Waals surface area contributed by atoms with E-state index < -0.39 is 5.91 Å². The Bertz CT molecular complexity index is 720. The van der Waals surface area contributed by atoms with Gasteiger partial charge < -0.3 is 0 Å². The number of hydrogen-bond donors (Lipinski definition) is 3. The summed E-state index contributed by atoms with van der Waals surface area (Å²) in [4.78, 5) is 24.2. The van der Waals surface area contributed by atoms with E-state index in [1.54, 1.807) is 29.6 Å². The van der Waals surface area contributed by atoms with Crippen LogP contribution < -0.4 is 16.2 Å². The molecule has 0 bridgehead atoms. The molecule has 0 aliphatic carbocycles. The maximum atomic E-state index is 12.0. The zero-order valence-corrected chi connectivity index (χ0v) is 14.0. The summed E-state index contributed by atoms with van der Waals surface area (Å²) in [5, 5.41) is 4.50. The van der Waals surface area contributed by atoms with Crippen LogP contribution in [-0.2, 0) is 0 Å². The van der Waals surface area contributed by atoms with Crippen molar-refractivity contribution in [2.75, 3.05) is 0 Å². The molecule has 3 N–H and O–H groups in total. The van der Waals surface area contributed by atoms with Gasteiger partial charge in [0, 0.05) is 0 Å². The van der Waals surface area contributed by atoms with E-state index in [9.17, 15) is 9.59 Å². The Morgan fingerprint density at radius 1 is 1.05 bits per heavy atom. The number of hydrazine groups is 1. The molecule has 2 aromatic rings. The highest BCUT2D eigenvalue weighted by Crippen LogP contribution is 2.25. The molecule has 2 amide bonds. The van der Waals surface area contributed by atoms with Crippen molar-refractivity contribution in [3.63, 3.8) is 0 Å². The molecule has 1 heterocycles. The molecule has 22 heavy (non-hydrogen) atoms. The number of benzene rings is 1. The topological polar surface area (TPSA) is 70.2 Å². The Labute approximate surface area is 145 Å². The lowest BCUT2D eigenvalue weighted by Gasteiger charge is -2.11. The van der Waals surface area contributed by atoms with Gasteiger partial charge in [-0.3, -0.25) is 25.8 Å². The smallest absolute Gasteiger partial charge is 0.279 e. The molecule has 0 saturated heterocycles. The van der Waals surface area contributed by atoms with Crippen LogP contribution in [0.25, 0.3) is 0 Å². The lowest BCUT2D eigenvalue weighted by molar-refractivity contribution is 0.0938. The van der Waals surface area contributed by atoms with Crippen molar-refractivity contribution in [3.8, 4) is 0 Å². The largest absolute Gasteiger partial charge is 0.298 e. The summed E-state index contributed by atoms with van der Waals surface area (Å²) in [6.45, 7) is 0. The van der Waals surface area contributed by atoms with Gasteiger partial charge in [-0.1, -0.05) is 35.3 Å². The van der Waals surface area contributed by atoms with Crippen LogP contribution >= 0.6 is 46.8 Å². The zero-order valence-electron chi connectivity index (χ0n) is 10.9. The highest BCUT2D eigenvalue weighted by atomic mass is 35.5. The van der Waals surface area contributed by atoms with E-state index in [1.165, 1.54) is 17.4 Å². The van der Waals surface area contributed by atoms with Crippen LogP contribution in [0.2, 0.25) is 10.0 Å². The maximum absolute atomic E-state index is 12.0. The van der Waals surface area contributed by atoms with Gasteiger partial charge in [0.2, 0.25) is 0 Å². The molecular weight excluding hydrogens is 365 g/mol. The molecule has 0 aliphatic rings. The van der Waals surface area contributed by atoms with Gasteiger partial charge in [0.1, 0.15) is 0 Å². The van der Waals surface area contributed by atoms with Crippen LogP contribution in [0.5, 0.6) is 0 Å². The van der Waals surface area contributed by atoms with Crippen molar-refractivity contribution >= 4 is 63.7 Å². The van der Waals surface area contributed by atoms with Gasteiger partial charge in [0.25, 0.3) is 11.8 Å². The maximum Gasteiger partial charge on any atom is 0.279 e. The van der Waals surface area contributed by atoms with Crippen molar-refractivity contribution in [1.29, 1.82) is 0 Å². The molecule has 0 aliphatic heterocycles. The second kappa shape index (κ2) is 7.55. The monoisotopic (exact) mass is 373 g/mol. The molecule has 114 valence electrons. The molecule has 1 aromatic carbocycles. The minimum atomic E-state index is -0.532. The summed E-state index contributed by atoms with van der Waals surface area (Å²) < 4.78 is 0. The summed E-state index contributed by atoms with van der Waals surface area (Å²) in [6.07, 6.45) is 0. The van der Waals surface area contributed by atoms with E-state index in [0.717, 1.165) is 0 Å². The van der Waals surface area contributed by atoms with Gasteiger partial charge in [-0.15, -0.1) is 11.3 Å². The van der Waals surface area contributed by atoms with Crippen molar-refractivity contribution < 1.29 is 9.59 Å². The van der Waals surface area contributed by atoms with Gasteiger partial charge in [0.15, 0.2) is 5.11 Å². The summed E-state index contributed by atoms with van der Waals surface area (Å²) in [5.74, 6) is -0.886. The molecule has 5 nitrogen and oxygen atoms in total. The average molecular weight is 374 g/mol. The highest BCUT2D eigenvalue weighted by molar-refractivity contribution is 7.80. The first kappa shape index (κ1) is 16.7. The van der Waals surface area contributed by atoms with Crippen LogP contribution in [-0.4, -0.2) is 16.9 Å². The second-order valence-corrected chi connectivity index (χ2v) is 6.08.